The summed E-state index contributed by atoms with van der Waals surface area (Å²) >= 11 is 0. The van der Waals surface area contributed by atoms with Gasteiger partial charge in [-0.25, -0.2) is 19.3 Å². The van der Waals surface area contributed by atoms with Gasteiger partial charge in [-0.3, -0.25) is 4.99 Å². The van der Waals surface area contributed by atoms with Crippen molar-refractivity contribution < 1.29 is 44.6 Å². The molecule has 0 bridgehead atoms. The second kappa shape index (κ2) is 12.9. The molecule has 5 rings (SSSR count). The first-order valence-electron chi connectivity index (χ1n) is 13.0. The topological polar surface area (TPSA) is 197 Å². The molecule has 2 aromatic heterocycles. The quantitative estimate of drug-likeness (QED) is 0.263. The number of carboxylic acids is 2. The summed E-state index contributed by atoms with van der Waals surface area (Å²) in [6.07, 6.45) is 2.98. The van der Waals surface area contributed by atoms with Crippen LogP contribution >= 0.6 is 0 Å². The average molecular weight is 569 g/mol. The van der Waals surface area contributed by atoms with Gasteiger partial charge >= 0.3 is 11.9 Å². The highest BCUT2D eigenvalue weighted by atomic mass is 16.5. The van der Waals surface area contributed by atoms with Crippen LogP contribution in [0.15, 0.2) is 53.9 Å². The van der Waals surface area contributed by atoms with Crippen molar-refractivity contribution in [3.8, 4) is 17.3 Å². The van der Waals surface area contributed by atoms with Crippen LogP contribution in [-0.4, -0.2) is 96.0 Å². The Hall–Kier alpha value is -4.33. The molecule has 3 aromatic rings. The molecule has 2 aliphatic rings. The van der Waals surface area contributed by atoms with E-state index in [0.29, 0.717) is 18.8 Å². The molecular formula is C28H32N4O9. The van der Waals surface area contributed by atoms with Gasteiger partial charge in [0.05, 0.1) is 31.6 Å². The van der Waals surface area contributed by atoms with E-state index in [4.69, 9.17) is 34.9 Å². The van der Waals surface area contributed by atoms with Crippen molar-refractivity contribution in [3.05, 3.63) is 65.6 Å². The molecule has 2 unspecified atom stereocenters. The minimum absolute atomic E-state index is 0.138. The number of pyridine rings is 1. The third-order valence-electron chi connectivity index (χ3n) is 6.94. The van der Waals surface area contributed by atoms with Crippen LogP contribution in [0.1, 0.15) is 48.8 Å². The number of nitrogens with zero attached hydrogens (tertiary/aromatic N) is 4. The summed E-state index contributed by atoms with van der Waals surface area (Å²) in [5.41, 5.74) is 4.04. The molecule has 1 aliphatic heterocycles. The molecule has 13 nitrogen and oxygen atoms in total. The number of ether oxygens (including phenoxy) is 2. The predicted octanol–water partition coefficient (Wildman–Crippen LogP) is 1.40. The Bertz CT molecular complexity index is 1370. The number of aliphatic hydroxyl groups is 3. The van der Waals surface area contributed by atoms with Gasteiger partial charge in [0.25, 0.3) is 0 Å². The zero-order valence-electron chi connectivity index (χ0n) is 22.5. The van der Waals surface area contributed by atoms with E-state index in [2.05, 4.69) is 16.1 Å². The first kappa shape index (κ1) is 29.6. The molecule has 3 heterocycles. The molecule has 1 saturated carbocycles. The monoisotopic (exact) mass is 568 g/mol. The number of aliphatic imine (C=N–C) groups is 1. The van der Waals surface area contributed by atoms with Crippen LogP contribution in [0.25, 0.3) is 5.82 Å². The fourth-order valence-corrected chi connectivity index (χ4v) is 4.94. The van der Waals surface area contributed by atoms with Crippen LogP contribution in [-0.2, 0) is 9.59 Å². The van der Waals surface area contributed by atoms with E-state index >= 15 is 0 Å². The lowest BCUT2D eigenvalue weighted by atomic mass is 9.74. The molecular weight excluding hydrogens is 536 g/mol. The second-order valence-electron chi connectivity index (χ2n) is 9.56. The van der Waals surface area contributed by atoms with Crippen LogP contribution in [0.3, 0.4) is 0 Å². The molecule has 13 heteroatoms. The average Bonchev–Trinajstić information content (AvgIpc) is 3.51. The fourth-order valence-electron chi connectivity index (χ4n) is 4.94. The van der Waals surface area contributed by atoms with Gasteiger partial charge in [-0.05, 0) is 62.1 Å². The summed E-state index contributed by atoms with van der Waals surface area (Å²) in [5, 5.41) is 47.1. The van der Waals surface area contributed by atoms with Gasteiger partial charge in [0.2, 0.25) is 0 Å². The lowest BCUT2D eigenvalue weighted by Crippen LogP contribution is -2.39. The van der Waals surface area contributed by atoms with Crippen molar-refractivity contribution in [1.29, 1.82) is 0 Å². The first-order valence-corrected chi connectivity index (χ1v) is 13.0. The number of aromatic nitrogens is 3. The number of rotatable bonds is 8. The highest BCUT2D eigenvalue weighted by Gasteiger charge is 2.37. The number of hydrogen-bond donors (Lipinski definition) is 5. The van der Waals surface area contributed by atoms with Gasteiger partial charge in [-0.2, -0.15) is 5.10 Å². The Morgan fingerprint density at radius 2 is 1.83 bits per heavy atom. The van der Waals surface area contributed by atoms with Gasteiger partial charge in [-0.1, -0.05) is 0 Å². The zero-order chi connectivity index (χ0) is 29.7. The number of benzene rings is 1. The molecule has 5 N–H and O–H groups in total. The number of aliphatic hydroxyl groups excluding tert-OH is 3. The summed E-state index contributed by atoms with van der Waals surface area (Å²) in [7, 11) is 1.65. The number of carbonyl (C=O) groups is 2. The predicted molar refractivity (Wildman–Crippen MR) is 145 cm³/mol. The Morgan fingerprint density at radius 3 is 2.39 bits per heavy atom. The SMILES string of the molecule is CCOc1cc2c(cc1OC)C(c1ccc(-n3cccn3)nc1)=N[C@@H]1CC[C@@H](O)C[C@H]21.O=C(O)C(O)C(O)C(=O)O. The zero-order valence-corrected chi connectivity index (χ0v) is 22.5. The van der Waals surface area contributed by atoms with Gasteiger partial charge in [0.15, 0.2) is 29.5 Å². The third-order valence-corrected chi connectivity index (χ3v) is 6.94. The molecule has 0 radical (unpaired) electrons. The van der Waals surface area contributed by atoms with E-state index in [1.807, 2.05) is 43.6 Å². The maximum atomic E-state index is 10.3. The van der Waals surface area contributed by atoms with E-state index in [-0.39, 0.29) is 18.1 Å². The molecule has 1 aromatic carbocycles. The van der Waals surface area contributed by atoms with Crippen LogP contribution in [0.4, 0.5) is 0 Å². The molecule has 5 atom stereocenters. The molecule has 0 spiro atoms. The molecule has 41 heavy (non-hydrogen) atoms. The lowest BCUT2D eigenvalue weighted by molar-refractivity contribution is -0.165. The smallest absolute Gasteiger partial charge is 0.335 e. The van der Waals surface area contributed by atoms with Crippen LogP contribution in [0, 0.1) is 0 Å². The highest BCUT2D eigenvalue weighted by Crippen LogP contribution is 2.45. The molecule has 1 fully saturated rings. The van der Waals surface area contributed by atoms with Crippen molar-refractivity contribution in [2.75, 3.05) is 13.7 Å². The van der Waals surface area contributed by atoms with Gasteiger partial charge in [0.1, 0.15) is 0 Å². The third kappa shape index (κ3) is 6.53. The highest BCUT2D eigenvalue weighted by molar-refractivity contribution is 6.14. The summed E-state index contributed by atoms with van der Waals surface area (Å²) < 4.78 is 13.2. The molecule has 0 saturated heterocycles. The Morgan fingerprint density at radius 1 is 1.10 bits per heavy atom. The fraction of sp³-hybridized carbons (Fsp3) is 0.393. The standard InChI is InChI=1S/C24H26N4O3.C4H6O6/c1-3-31-22-12-17-18-11-16(29)6-7-20(18)27-24(19(17)13-21(22)30-2)15-5-8-23(25-14-15)28-10-4-9-26-28;5-1(3(7)8)2(6)4(9)10/h4-5,8-10,12-14,16,18,20,29H,3,6-7,11H2,1-2H3;1-2,5-6H,(H,7,8)(H,9,10)/t16-,18-,20-;/m1./s1. The summed E-state index contributed by atoms with van der Waals surface area (Å²) in [5.74, 6) is -1.19. The second-order valence-corrected chi connectivity index (χ2v) is 9.56. The maximum Gasteiger partial charge on any atom is 0.335 e. The number of fused-ring (bicyclic) bond motifs is 3. The minimum atomic E-state index is -2.27. The van der Waals surface area contributed by atoms with Crippen molar-refractivity contribution in [2.24, 2.45) is 4.99 Å². The largest absolute Gasteiger partial charge is 0.493 e. The van der Waals surface area contributed by atoms with Gasteiger partial charge in [0, 0.05) is 35.6 Å². The minimum Gasteiger partial charge on any atom is -0.493 e. The van der Waals surface area contributed by atoms with Crippen molar-refractivity contribution in [2.45, 2.75) is 56.5 Å². The van der Waals surface area contributed by atoms with Crippen LogP contribution in [0.5, 0.6) is 11.5 Å². The Labute approximate surface area is 235 Å². The number of methoxy groups -OCH3 is 1. The van der Waals surface area contributed by atoms with E-state index < -0.39 is 24.1 Å². The van der Waals surface area contributed by atoms with Gasteiger partial charge < -0.3 is 35.0 Å². The summed E-state index contributed by atoms with van der Waals surface area (Å²) in [6, 6.07) is 10.1. The van der Waals surface area contributed by atoms with E-state index in [9.17, 15) is 14.7 Å². The van der Waals surface area contributed by atoms with Gasteiger partial charge in [-0.15, -0.1) is 0 Å². The van der Waals surface area contributed by atoms with Crippen molar-refractivity contribution >= 4 is 17.7 Å². The maximum absolute atomic E-state index is 10.3. The van der Waals surface area contributed by atoms with E-state index in [1.165, 1.54) is 0 Å². The Balaban J connectivity index is 0.000000334. The number of carboxylic acid groups (broad SMARTS) is 2. The molecule has 1 aliphatic carbocycles. The normalized spacial score (nSPS) is 20.7. The first-order chi connectivity index (χ1) is 19.6. The summed E-state index contributed by atoms with van der Waals surface area (Å²) in [4.78, 5) is 29.3. The van der Waals surface area contributed by atoms with E-state index in [1.54, 1.807) is 18.0 Å². The van der Waals surface area contributed by atoms with E-state index in [0.717, 1.165) is 46.8 Å². The number of hydrogen-bond acceptors (Lipinski definition) is 10. The molecule has 0 amide bonds. The number of aliphatic carboxylic acids is 2. The lowest BCUT2D eigenvalue weighted by Gasteiger charge is -2.37. The van der Waals surface area contributed by atoms with Crippen molar-refractivity contribution in [3.63, 3.8) is 0 Å². The van der Waals surface area contributed by atoms with Crippen molar-refractivity contribution in [1.82, 2.24) is 14.8 Å². The summed E-state index contributed by atoms with van der Waals surface area (Å²) in [6.45, 7) is 2.53. The van der Waals surface area contributed by atoms with Crippen LogP contribution in [0.2, 0.25) is 0 Å². The Kier molecular flexibility index (Phi) is 9.32. The molecule has 218 valence electrons. The van der Waals surface area contributed by atoms with Crippen LogP contribution < -0.4 is 9.47 Å².